The van der Waals surface area contributed by atoms with Crippen LogP contribution in [0.3, 0.4) is 0 Å². The molecule has 0 aromatic heterocycles. The number of nitrogens with two attached hydrogens (primary N) is 1. The summed E-state index contributed by atoms with van der Waals surface area (Å²) < 4.78 is 25.6. The highest BCUT2D eigenvalue weighted by Gasteiger charge is 2.40. The zero-order chi connectivity index (χ0) is 24.1. The Balaban J connectivity index is 1.29. The summed E-state index contributed by atoms with van der Waals surface area (Å²) in [5.41, 5.74) is 6.27. The Morgan fingerprint density at radius 1 is 1.12 bits per heavy atom. The quantitative estimate of drug-likeness (QED) is 0.373. The molecule has 1 aromatic carbocycles. The van der Waals surface area contributed by atoms with Crippen molar-refractivity contribution in [1.29, 1.82) is 5.41 Å². The average Bonchev–Trinajstić information content (AvgIpc) is 2.84. The molecular weight excluding hydrogens is 439 g/mol. The van der Waals surface area contributed by atoms with E-state index in [1.54, 1.807) is 18.2 Å². The van der Waals surface area contributed by atoms with Gasteiger partial charge in [0.05, 0.1) is 5.69 Å². The number of halogens is 1. The number of esters is 1. The number of amides is 1. The summed E-state index contributed by atoms with van der Waals surface area (Å²) in [6, 6.07) is 5.15. The van der Waals surface area contributed by atoms with Gasteiger partial charge in [-0.05, 0) is 50.0 Å². The molecule has 0 atom stereocenters. The molecule has 1 spiro atoms. The Morgan fingerprint density at radius 3 is 2.41 bits per heavy atom. The zero-order valence-corrected chi connectivity index (χ0v) is 19.7. The fourth-order valence-corrected chi connectivity index (χ4v) is 5.41. The summed E-state index contributed by atoms with van der Waals surface area (Å²) in [6.45, 7) is 4.33. The molecule has 9 heteroatoms. The number of rotatable bonds is 6. The van der Waals surface area contributed by atoms with Gasteiger partial charge in [-0.3, -0.25) is 15.0 Å². The minimum Gasteiger partial charge on any atom is -0.460 e. The Bertz CT molecular complexity index is 900. The first kappa shape index (κ1) is 24.4. The number of anilines is 1. The second kappa shape index (κ2) is 10.7. The van der Waals surface area contributed by atoms with E-state index in [9.17, 15) is 9.59 Å². The third-order valence-corrected chi connectivity index (χ3v) is 7.65. The van der Waals surface area contributed by atoms with Crippen LogP contribution in [-0.4, -0.2) is 62.0 Å². The number of nitrogens with one attached hydrogen (secondary N) is 1. The molecular formula is C25H35FN4O4. The fraction of sp³-hybridized carbons (Fsp3) is 0.640. The summed E-state index contributed by atoms with van der Waals surface area (Å²) in [6.07, 6.45) is 5.32. The van der Waals surface area contributed by atoms with E-state index in [1.807, 2.05) is 4.90 Å². The van der Waals surface area contributed by atoms with Crippen LogP contribution >= 0.6 is 0 Å². The zero-order valence-electron chi connectivity index (χ0n) is 19.7. The first-order chi connectivity index (χ1) is 16.4. The molecule has 4 rings (SSSR count). The van der Waals surface area contributed by atoms with E-state index >= 15 is 4.39 Å². The minimum absolute atomic E-state index is 0.113. The lowest BCUT2D eigenvalue weighted by Gasteiger charge is -2.48. The van der Waals surface area contributed by atoms with Crippen molar-refractivity contribution in [3.63, 3.8) is 0 Å². The van der Waals surface area contributed by atoms with E-state index in [0.717, 1.165) is 64.7 Å². The smallest absolute Gasteiger partial charge is 0.313 e. The van der Waals surface area contributed by atoms with Crippen molar-refractivity contribution >= 4 is 23.4 Å². The predicted molar refractivity (Wildman–Crippen MR) is 126 cm³/mol. The maximum atomic E-state index is 15.2. The highest BCUT2D eigenvalue weighted by molar-refractivity contribution is 5.94. The topological polar surface area (TPSA) is 109 Å². The monoisotopic (exact) mass is 474 g/mol. The van der Waals surface area contributed by atoms with Gasteiger partial charge in [-0.2, -0.15) is 0 Å². The maximum absolute atomic E-state index is 15.2. The third-order valence-electron chi connectivity index (χ3n) is 7.65. The molecule has 1 amide bonds. The van der Waals surface area contributed by atoms with Gasteiger partial charge < -0.3 is 25.0 Å². The SMILES string of the molecule is N=C(N)CC(=O)OCc1cccc(N2CCC3(CCN(C(=O)C4CCOCC4)CC3)CC2)c1F. The second-order valence-corrected chi connectivity index (χ2v) is 9.81. The number of ether oxygens (including phenoxy) is 2. The second-order valence-electron chi connectivity index (χ2n) is 9.81. The molecule has 3 aliphatic heterocycles. The van der Waals surface area contributed by atoms with Crippen LogP contribution in [0.15, 0.2) is 18.2 Å². The van der Waals surface area contributed by atoms with Gasteiger partial charge >= 0.3 is 5.97 Å². The highest BCUT2D eigenvalue weighted by Crippen LogP contribution is 2.43. The summed E-state index contributed by atoms with van der Waals surface area (Å²) in [4.78, 5) is 28.6. The van der Waals surface area contributed by atoms with E-state index in [-0.39, 0.29) is 36.0 Å². The van der Waals surface area contributed by atoms with Crippen molar-refractivity contribution < 1.29 is 23.5 Å². The number of likely N-dealkylation sites (tertiary alicyclic amines) is 1. The van der Waals surface area contributed by atoms with Crippen LogP contribution in [0.4, 0.5) is 10.1 Å². The van der Waals surface area contributed by atoms with Crippen molar-refractivity contribution in [1.82, 2.24) is 4.90 Å². The van der Waals surface area contributed by atoms with Crippen LogP contribution in [0, 0.1) is 22.6 Å². The predicted octanol–water partition coefficient (Wildman–Crippen LogP) is 2.83. The van der Waals surface area contributed by atoms with Crippen LogP contribution in [0.1, 0.15) is 50.5 Å². The standard InChI is InChI=1S/C25H35FN4O4/c26-23-19(17-34-22(31)16-21(27)28)2-1-3-20(23)29-10-6-25(7-11-29)8-12-30(13-9-25)24(32)18-4-14-33-15-5-18/h1-3,18H,4-17H2,(H3,27,28). The van der Waals surface area contributed by atoms with Crippen LogP contribution in [-0.2, 0) is 25.7 Å². The van der Waals surface area contributed by atoms with Crippen LogP contribution in [0.25, 0.3) is 0 Å². The molecule has 0 bridgehead atoms. The number of amidine groups is 1. The molecule has 1 aromatic rings. The summed E-state index contributed by atoms with van der Waals surface area (Å²) in [7, 11) is 0. The Hall–Kier alpha value is -2.68. The number of benzene rings is 1. The first-order valence-electron chi connectivity index (χ1n) is 12.2. The Morgan fingerprint density at radius 2 is 1.76 bits per heavy atom. The molecule has 0 saturated carbocycles. The molecule has 34 heavy (non-hydrogen) atoms. The average molecular weight is 475 g/mol. The van der Waals surface area contributed by atoms with Gasteiger partial charge in [0.1, 0.15) is 18.9 Å². The number of piperidine rings is 2. The highest BCUT2D eigenvalue weighted by atomic mass is 19.1. The van der Waals surface area contributed by atoms with Gasteiger partial charge in [0.2, 0.25) is 5.91 Å². The van der Waals surface area contributed by atoms with Crippen LogP contribution < -0.4 is 10.6 Å². The summed E-state index contributed by atoms with van der Waals surface area (Å²) in [5, 5.41) is 7.15. The van der Waals surface area contributed by atoms with Crippen molar-refractivity contribution in [3.8, 4) is 0 Å². The molecule has 3 aliphatic rings. The Labute approximate surface area is 200 Å². The first-order valence-corrected chi connectivity index (χ1v) is 12.2. The normalized spacial score (nSPS) is 20.9. The molecule has 3 heterocycles. The summed E-state index contributed by atoms with van der Waals surface area (Å²) >= 11 is 0. The minimum atomic E-state index is -0.640. The molecule has 3 N–H and O–H groups in total. The van der Waals surface area contributed by atoms with Crippen molar-refractivity contribution in [3.05, 3.63) is 29.6 Å². The third kappa shape index (κ3) is 5.68. The maximum Gasteiger partial charge on any atom is 0.313 e. The van der Waals surface area contributed by atoms with Gasteiger partial charge in [-0.1, -0.05) is 12.1 Å². The van der Waals surface area contributed by atoms with Crippen LogP contribution in [0.5, 0.6) is 0 Å². The van der Waals surface area contributed by atoms with Gasteiger partial charge in [-0.25, -0.2) is 4.39 Å². The number of carbonyl (C=O) groups is 2. The van der Waals surface area contributed by atoms with Gasteiger partial charge in [0, 0.05) is 50.9 Å². The molecule has 186 valence electrons. The van der Waals surface area contributed by atoms with Gasteiger partial charge in [0.15, 0.2) is 5.82 Å². The lowest BCUT2D eigenvalue weighted by atomic mass is 9.71. The van der Waals surface area contributed by atoms with Crippen LogP contribution in [0.2, 0.25) is 0 Å². The molecule has 0 aliphatic carbocycles. The van der Waals surface area contributed by atoms with E-state index in [2.05, 4.69) is 4.90 Å². The molecule has 0 unspecified atom stereocenters. The summed E-state index contributed by atoms with van der Waals surface area (Å²) in [5.74, 6) is -0.884. The molecule has 8 nitrogen and oxygen atoms in total. The van der Waals surface area contributed by atoms with Gasteiger partial charge in [-0.15, -0.1) is 0 Å². The fourth-order valence-electron chi connectivity index (χ4n) is 5.41. The number of hydrogen-bond donors (Lipinski definition) is 2. The van der Waals surface area contributed by atoms with Gasteiger partial charge in [0.25, 0.3) is 0 Å². The number of carbonyl (C=O) groups excluding carboxylic acids is 2. The van der Waals surface area contributed by atoms with E-state index in [1.165, 1.54) is 0 Å². The lowest BCUT2D eigenvalue weighted by molar-refractivity contribution is -0.143. The van der Waals surface area contributed by atoms with Crippen molar-refractivity contribution in [2.75, 3.05) is 44.3 Å². The lowest BCUT2D eigenvalue weighted by Crippen LogP contribution is -2.50. The number of nitrogens with zero attached hydrogens (tertiary/aromatic N) is 2. The van der Waals surface area contributed by atoms with Crippen molar-refractivity contribution in [2.24, 2.45) is 17.1 Å². The van der Waals surface area contributed by atoms with E-state index < -0.39 is 5.97 Å². The van der Waals surface area contributed by atoms with E-state index in [4.69, 9.17) is 20.6 Å². The van der Waals surface area contributed by atoms with Crippen molar-refractivity contribution in [2.45, 2.75) is 51.6 Å². The molecule has 0 radical (unpaired) electrons. The molecule has 3 saturated heterocycles. The number of hydrogen-bond acceptors (Lipinski definition) is 6. The van der Waals surface area contributed by atoms with E-state index in [0.29, 0.717) is 30.4 Å². The largest absolute Gasteiger partial charge is 0.460 e. The Kier molecular flexibility index (Phi) is 7.70. The molecule has 3 fully saturated rings.